The number of aromatic nitrogens is 3. The predicted octanol–water partition coefficient (Wildman–Crippen LogP) is 2.13. The largest absolute Gasteiger partial charge is 0.505 e. The molecule has 0 saturated carbocycles. The lowest BCUT2D eigenvalue weighted by Gasteiger charge is -2.16. The lowest BCUT2D eigenvalue weighted by Crippen LogP contribution is -2.22. The first-order valence-corrected chi connectivity index (χ1v) is 8.66. The van der Waals surface area contributed by atoms with E-state index in [0.717, 1.165) is 11.5 Å². The maximum absolute atomic E-state index is 13.0. The molecule has 0 bridgehead atoms. The average Bonchev–Trinajstić information content (AvgIpc) is 3.07. The molecule has 3 rings (SSSR count). The first kappa shape index (κ1) is 17.6. The Morgan fingerprint density at radius 3 is 2.76 bits per heavy atom. The lowest BCUT2D eigenvalue weighted by molar-refractivity contribution is 0.389. The smallest absolute Gasteiger partial charge is 0.265 e. The molecule has 3 aromatic rings. The van der Waals surface area contributed by atoms with Gasteiger partial charge in [-0.25, -0.2) is 0 Å². The fourth-order valence-corrected chi connectivity index (χ4v) is 3.55. The Morgan fingerprint density at radius 1 is 1.36 bits per heavy atom. The third-order valence-corrected chi connectivity index (χ3v) is 4.82. The van der Waals surface area contributed by atoms with E-state index in [1.165, 1.54) is 10.6 Å². The van der Waals surface area contributed by atoms with Crippen LogP contribution in [0.15, 0.2) is 16.9 Å². The van der Waals surface area contributed by atoms with Gasteiger partial charge in [-0.15, -0.1) is 11.5 Å². The van der Waals surface area contributed by atoms with Crippen molar-refractivity contribution in [1.82, 2.24) is 14.2 Å². The van der Waals surface area contributed by atoms with Crippen molar-refractivity contribution >= 4 is 52.9 Å². The monoisotopic (exact) mass is 393 g/mol. The summed E-state index contributed by atoms with van der Waals surface area (Å²) in [5.41, 5.74) is -0.185. The summed E-state index contributed by atoms with van der Waals surface area (Å²) < 4.78 is 10.9. The fraction of sp³-hybridized carbons (Fsp3) is 0.133. The van der Waals surface area contributed by atoms with Gasteiger partial charge in [-0.05, 0) is 23.7 Å². The van der Waals surface area contributed by atoms with Gasteiger partial charge in [-0.2, -0.15) is 0 Å². The highest BCUT2D eigenvalue weighted by Gasteiger charge is 2.26. The van der Waals surface area contributed by atoms with Crippen LogP contribution in [0.25, 0.3) is 21.5 Å². The normalized spacial score (nSPS) is 10.8. The summed E-state index contributed by atoms with van der Waals surface area (Å²) in [5.74, 6) is 2.33. The molecule has 0 fully saturated rings. The average molecular weight is 394 g/mol. The molecule has 6 nitrogen and oxygen atoms in total. The van der Waals surface area contributed by atoms with Crippen molar-refractivity contribution in [2.45, 2.75) is 6.54 Å². The molecule has 0 saturated heterocycles. The van der Waals surface area contributed by atoms with E-state index in [9.17, 15) is 9.90 Å². The van der Waals surface area contributed by atoms with Crippen molar-refractivity contribution in [3.8, 4) is 35.0 Å². The Bertz CT molecular complexity index is 1070. The number of pyridine rings is 1. The summed E-state index contributed by atoms with van der Waals surface area (Å²) in [6.45, 7) is 0.271. The van der Waals surface area contributed by atoms with E-state index < -0.39 is 5.56 Å². The molecule has 2 heterocycles. The SMILES string of the molecule is BCOc1c(Cl)ccc(Cl)c1-c1c(O)c2snnc2n(CC#C)c1=O. The number of hydrogen-bond donors (Lipinski definition) is 1. The van der Waals surface area contributed by atoms with E-state index in [2.05, 4.69) is 15.5 Å². The minimum atomic E-state index is -0.555. The molecule has 1 aromatic carbocycles. The Morgan fingerprint density at radius 2 is 2.08 bits per heavy atom. The van der Waals surface area contributed by atoms with Gasteiger partial charge in [0.2, 0.25) is 0 Å². The molecule has 0 spiro atoms. The number of terminal acetylenes is 1. The van der Waals surface area contributed by atoms with Crippen LogP contribution in [0, 0.1) is 12.3 Å². The molecule has 0 amide bonds. The van der Waals surface area contributed by atoms with E-state index in [1.807, 2.05) is 0 Å². The molecule has 25 heavy (non-hydrogen) atoms. The Labute approximate surface area is 157 Å². The second-order valence-corrected chi connectivity index (χ2v) is 6.48. The van der Waals surface area contributed by atoms with Gasteiger partial charge in [-0.1, -0.05) is 33.6 Å². The van der Waals surface area contributed by atoms with Crippen LogP contribution < -0.4 is 10.3 Å². The van der Waals surface area contributed by atoms with Crippen LogP contribution >= 0.6 is 34.7 Å². The predicted molar refractivity (Wildman–Crippen MR) is 102 cm³/mol. The summed E-state index contributed by atoms with van der Waals surface area (Å²) in [6.07, 6.45) is 5.36. The molecular weight excluding hydrogens is 384 g/mol. The molecule has 0 aliphatic heterocycles. The number of aromatic hydroxyl groups is 1. The number of halogens is 2. The fourth-order valence-electron chi connectivity index (χ4n) is 2.47. The minimum Gasteiger partial charge on any atom is -0.505 e. The summed E-state index contributed by atoms with van der Waals surface area (Å²) >= 11 is 13.5. The number of hydrogen-bond acceptors (Lipinski definition) is 6. The number of rotatable bonds is 4. The molecule has 0 unspecified atom stereocenters. The molecule has 0 aliphatic rings. The quantitative estimate of drug-likeness (QED) is 0.542. The molecule has 0 aliphatic carbocycles. The van der Waals surface area contributed by atoms with Gasteiger partial charge >= 0.3 is 0 Å². The third-order valence-electron chi connectivity index (χ3n) is 3.48. The van der Waals surface area contributed by atoms with Crippen molar-refractivity contribution < 1.29 is 9.84 Å². The van der Waals surface area contributed by atoms with Crippen LogP contribution in [-0.2, 0) is 6.54 Å². The van der Waals surface area contributed by atoms with Gasteiger partial charge < -0.3 is 9.84 Å². The summed E-state index contributed by atoms with van der Waals surface area (Å²) in [4.78, 5) is 13.0. The third kappa shape index (κ3) is 2.84. The standard InChI is InChI=1S/C15H10BCl2N3O3S/c1-2-5-21-14-13(25-20-19-14)11(22)10(15(21)23)9-7(17)3-4-8(18)12(9)24-6-16/h1,3-4,22H,5-6,16H2. The molecule has 10 heteroatoms. The molecular formula is C15H10BCl2N3O3S. The maximum Gasteiger partial charge on any atom is 0.265 e. The van der Waals surface area contributed by atoms with Crippen molar-refractivity contribution in [3.63, 3.8) is 0 Å². The van der Waals surface area contributed by atoms with Gasteiger partial charge in [0.25, 0.3) is 5.56 Å². The van der Waals surface area contributed by atoms with Gasteiger partial charge in [0, 0.05) is 0 Å². The van der Waals surface area contributed by atoms with Crippen molar-refractivity contribution in [2.24, 2.45) is 0 Å². The van der Waals surface area contributed by atoms with Crippen molar-refractivity contribution in [1.29, 1.82) is 0 Å². The Hall–Kier alpha value is -2.21. The number of benzene rings is 1. The van der Waals surface area contributed by atoms with Crippen LogP contribution in [0.2, 0.25) is 10.0 Å². The molecule has 1 N–H and O–H groups in total. The van der Waals surface area contributed by atoms with Crippen LogP contribution in [0.5, 0.6) is 11.5 Å². The van der Waals surface area contributed by atoms with Crippen molar-refractivity contribution in [3.05, 3.63) is 32.5 Å². The number of nitrogens with zero attached hydrogens (tertiary/aromatic N) is 3. The highest BCUT2D eigenvalue weighted by atomic mass is 35.5. The minimum absolute atomic E-state index is 0.0316. The topological polar surface area (TPSA) is 77.2 Å². The van der Waals surface area contributed by atoms with E-state index in [1.54, 1.807) is 13.9 Å². The van der Waals surface area contributed by atoms with E-state index in [0.29, 0.717) is 11.2 Å². The Kier molecular flexibility index (Phi) is 4.90. The number of ether oxygens (including phenoxy) is 1. The van der Waals surface area contributed by atoms with Crippen molar-refractivity contribution in [2.75, 3.05) is 6.51 Å². The summed E-state index contributed by atoms with van der Waals surface area (Å²) in [7, 11) is 1.77. The highest BCUT2D eigenvalue weighted by molar-refractivity contribution is 7.13. The molecule has 126 valence electrons. The first-order chi connectivity index (χ1) is 12.0. The second kappa shape index (κ2) is 6.96. The lowest BCUT2D eigenvalue weighted by atomic mass is 10.0. The highest BCUT2D eigenvalue weighted by Crippen LogP contribution is 2.45. The zero-order chi connectivity index (χ0) is 18.1. The van der Waals surface area contributed by atoms with Crippen LogP contribution in [0.3, 0.4) is 0 Å². The molecule has 0 atom stereocenters. The summed E-state index contributed by atoms with van der Waals surface area (Å²) in [5, 5.41) is 15.0. The Balaban J connectivity index is 2.48. The van der Waals surface area contributed by atoms with Gasteiger partial charge in [-0.3, -0.25) is 9.36 Å². The van der Waals surface area contributed by atoms with E-state index in [4.69, 9.17) is 34.4 Å². The first-order valence-electron chi connectivity index (χ1n) is 7.13. The maximum atomic E-state index is 13.0. The van der Waals surface area contributed by atoms with E-state index in [-0.39, 0.29) is 44.9 Å². The van der Waals surface area contributed by atoms with Crippen LogP contribution in [-0.4, -0.2) is 33.6 Å². The van der Waals surface area contributed by atoms with Crippen LogP contribution in [0.4, 0.5) is 0 Å². The molecule has 0 radical (unpaired) electrons. The van der Waals surface area contributed by atoms with Gasteiger partial charge in [0.15, 0.2) is 19.2 Å². The van der Waals surface area contributed by atoms with Crippen LogP contribution in [0.1, 0.15) is 0 Å². The second-order valence-electron chi connectivity index (χ2n) is 4.91. The molecule has 2 aromatic heterocycles. The van der Waals surface area contributed by atoms with Gasteiger partial charge in [0.05, 0.1) is 34.2 Å². The summed E-state index contributed by atoms with van der Waals surface area (Å²) in [6, 6.07) is 3.09. The zero-order valence-corrected chi connectivity index (χ0v) is 15.2. The zero-order valence-electron chi connectivity index (χ0n) is 12.9. The van der Waals surface area contributed by atoms with Gasteiger partial charge in [0.1, 0.15) is 10.4 Å². The number of fused-ring (bicyclic) bond motifs is 1. The van der Waals surface area contributed by atoms with E-state index >= 15 is 0 Å².